The van der Waals surface area contributed by atoms with E-state index in [2.05, 4.69) is 5.32 Å². The Balaban J connectivity index is 2.46. The van der Waals surface area contributed by atoms with Crippen molar-refractivity contribution in [2.45, 2.75) is 19.8 Å². The summed E-state index contributed by atoms with van der Waals surface area (Å²) >= 11 is 0. The number of hydrogen-bond acceptors (Lipinski definition) is 4. The smallest absolute Gasteiger partial charge is 0.338 e. The van der Waals surface area contributed by atoms with Crippen LogP contribution < -0.4 is 5.32 Å². The van der Waals surface area contributed by atoms with Gasteiger partial charge in [0.15, 0.2) is 0 Å². The van der Waals surface area contributed by atoms with E-state index in [0.717, 1.165) is 18.7 Å². The molecule has 1 rings (SSSR count). The molecule has 1 aromatic carbocycles. The van der Waals surface area contributed by atoms with E-state index < -0.39 is 0 Å². The number of aliphatic hydroxyl groups excluding tert-OH is 1. The second-order valence-corrected chi connectivity index (χ2v) is 3.72. The van der Waals surface area contributed by atoms with Crippen LogP contribution in [0.15, 0.2) is 24.3 Å². The van der Waals surface area contributed by atoms with Gasteiger partial charge in [0.2, 0.25) is 0 Å². The predicted molar refractivity (Wildman–Crippen MR) is 67.2 cm³/mol. The van der Waals surface area contributed by atoms with E-state index in [1.807, 2.05) is 19.1 Å². The summed E-state index contributed by atoms with van der Waals surface area (Å²) in [6.07, 6.45) is 1.53. The average molecular weight is 237 g/mol. The number of carbonyl (C=O) groups is 1. The minimum absolute atomic E-state index is 0.175. The van der Waals surface area contributed by atoms with Gasteiger partial charge in [0, 0.05) is 18.8 Å². The molecule has 0 amide bonds. The third-order valence-corrected chi connectivity index (χ3v) is 2.22. The van der Waals surface area contributed by atoms with Crippen LogP contribution in [0.5, 0.6) is 0 Å². The Hall–Kier alpha value is -1.55. The Morgan fingerprint density at radius 3 is 2.65 bits per heavy atom. The number of ether oxygens (including phenoxy) is 1. The number of hydrogen-bond donors (Lipinski definition) is 2. The first kappa shape index (κ1) is 13.5. The molecule has 0 aliphatic rings. The second-order valence-electron chi connectivity index (χ2n) is 3.72. The lowest BCUT2D eigenvalue weighted by atomic mass is 10.2. The van der Waals surface area contributed by atoms with Gasteiger partial charge < -0.3 is 15.2 Å². The maximum Gasteiger partial charge on any atom is 0.338 e. The van der Waals surface area contributed by atoms with Gasteiger partial charge in [-0.2, -0.15) is 0 Å². The highest BCUT2D eigenvalue weighted by atomic mass is 16.5. The summed E-state index contributed by atoms with van der Waals surface area (Å²) in [4.78, 5) is 11.5. The molecule has 94 valence electrons. The summed E-state index contributed by atoms with van der Waals surface area (Å²) < 4.78 is 5.02. The van der Waals surface area contributed by atoms with Crippen molar-refractivity contribution in [3.05, 3.63) is 29.8 Å². The van der Waals surface area contributed by atoms with Crippen molar-refractivity contribution in [2.75, 3.05) is 25.1 Å². The lowest BCUT2D eigenvalue weighted by Gasteiger charge is -2.06. The summed E-state index contributed by atoms with van der Waals surface area (Å²) in [6.45, 7) is 3.31. The molecule has 0 aliphatic heterocycles. The summed E-state index contributed by atoms with van der Waals surface area (Å²) in [7, 11) is 0. The van der Waals surface area contributed by atoms with Crippen molar-refractivity contribution in [1.29, 1.82) is 0 Å². The van der Waals surface area contributed by atoms with E-state index in [0.29, 0.717) is 18.6 Å². The molecule has 0 fully saturated rings. The van der Waals surface area contributed by atoms with Gasteiger partial charge in [-0.1, -0.05) is 6.92 Å². The van der Waals surface area contributed by atoms with Gasteiger partial charge in [0.05, 0.1) is 12.2 Å². The van der Waals surface area contributed by atoms with Crippen molar-refractivity contribution in [3.63, 3.8) is 0 Å². The minimum atomic E-state index is -0.284. The quantitative estimate of drug-likeness (QED) is 0.563. The van der Waals surface area contributed by atoms with Crippen LogP contribution >= 0.6 is 0 Å². The molecule has 0 saturated heterocycles. The Morgan fingerprint density at radius 1 is 1.35 bits per heavy atom. The molecule has 0 unspecified atom stereocenters. The van der Waals surface area contributed by atoms with Gasteiger partial charge in [0.25, 0.3) is 0 Å². The van der Waals surface area contributed by atoms with Crippen molar-refractivity contribution < 1.29 is 14.6 Å². The Kier molecular flexibility index (Phi) is 6.10. The highest BCUT2D eigenvalue weighted by Gasteiger charge is 2.05. The lowest BCUT2D eigenvalue weighted by Crippen LogP contribution is -2.07. The van der Waals surface area contributed by atoms with E-state index >= 15 is 0 Å². The van der Waals surface area contributed by atoms with Crippen molar-refractivity contribution in [2.24, 2.45) is 0 Å². The standard InChI is InChI=1S/C13H19NO3/c1-2-10-17-13(16)11-4-6-12(7-5-11)14-8-3-9-15/h4-7,14-15H,2-3,8-10H2,1H3. The number of rotatable bonds is 7. The molecule has 4 nitrogen and oxygen atoms in total. The molecule has 0 spiro atoms. The highest BCUT2D eigenvalue weighted by molar-refractivity contribution is 5.89. The van der Waals surface area contributed by atoms with Crippen molar-refractivity contribution in [1.82, 2.24) is 0 Å². The molecule has 0 aromatic heterocycles. The number of anilines is 1. The first-order chi connectivity index (χ1) is 8.27. The fourth-order valence-corrected chi connectivity index (χ4v) is 1.31. The number of nitrogens with one attached hydrogen (secondary N) is 1. The van der Waals surface area contributed by atoms with Gasteiger partial charge in [0.1, 0.15) is 0 Å². The van der Waals surface area contributed by atoms with E-state index in [1.165, 1.54) is 0 Å². The predicted octanol–water partition coefficient (Wildman–Crippen LogP) is 2.05. The van der Waals surface area contributed by atoms with E-state index in [-0.39, 0.29) is 12.6 Å². The zero-order chi connectivity index (χ0) is 12.5. The van der Waals surface area contributed by atoms with Crippen LogP contribution in [0.1, 0.15) is 30.1 Å². The number of benzene rings is 1. The van der Waals surface area contributed by atoms with Crippen LogP contribution in [0.3, 0.4) is 0 Å². The van der Waals surface area contributed by atoms with Gasteiger partial charge in [-0.15, -0.1) is 0 Å². The summed E-state index contributed by atoms with van der Waals surface area (Å²) in [5.74, 6) is -0.284. The molecule has 0 atom stereocenters. The van der Waals surface area contributed by atoms with E-state index in [4.69, 9.17) is 9.84 Å². The first-order valence-electron chi connectivity index (χ1n) is 5.90. The third kappa shape index (κ3) is 4.87. The number of carbonyl (C=O) groups excluding carboxylic acids is 1. The van der Waals surface area contributed by atoms with Gasteiger partial charge in [-0.3, -0.25) is 0 Å². The van der Waals surface area contributed by atoms with Crippen LogP contribution in [0.25, 0.3) is 0 Å². The second kappa shape index (κ2) is 7.68. The molecule has 0 saturated carbocycles. The van der Waals surface area contributed by atoms with Gasteiger partial charge in [-0.05, 0) is 37.1 Å². The Morgan fingerprint density at radius 2 is 2.06 bits per heavy atom. The largest absolute Gasteiger partial charge is 0.462 e. The topological polar surface area (TPSA) is 58.6 Å². The van der Waals surface area contributed by atoms with Crippen LogP contribution in [-0.2, 0) is 4.74 Å². The van der Waals surface area contributed by atoms with Crippen LogP contribution in [-0.4, -0.2) is 30.8 Å². The summed E-state index contributed by atoms with van der Waals surface area (Å²) in [5, 5.41) is 11.8. The highest BCUT2D eigenvalue weighted by Crippen LogP contribution is 2.10. The van der Waals surface area contributed by atoms with Crippen LogP contribution in [0.4, 0.5) is 5.69 Å². The maximum atomic E-state index is 11.5. The van der Waals surface area contributed by atoms with Crippen LogP contribution in [0.2, 0.25) is 0 Å². The van der Waals surface area contributed by atoms with E-state index in [1.54, 1.807) is 12.1 Å². The lowest BCUT2D eigenvalue weighted by molar-refractivity contribution is 0.0505. The Labute approximate surface area is 102 Å². The fourth-order valence-electron chi connectivity index (χ4n) is 1.31. The van der Waals surface area contributed by atoms with Gasteiger partial charge in [-0.25, -0.2) is 4.79 Å². The molecular formula is C13H19NO3. The number of aliphatic hydroxyl groups is 1. The zero-order valence-electron chi connectivity index (χ0n) is 10.1. The summed E-state index contributed by atoms with van der Waals surface area (Å²) in [5.41, 5.74) is 1.50. The van der Waals surface area contributed by atoms with Crippen LogP contribution in [0, 0.1) is 0 Å². The average Bonchev–Trinajstić information content (AvgIpc) is 2.37. The maximum absolute atomic E-state index is 11.5. The third-order valence-electron chi connectivity index (χ3n) is 2.22. The molecule has 4 heteroatoms. The Bertz CT molecular complexity index is 335. The molecule has 2 N–H and O–H groups in total. The molecule has 0 radical (unpaired) electrons. The van der Waals surface area contributed by atoms with Crippen molar-refractivity contribution >= 4 is 11.7 Å². The SMILES string of the molecule is CCCOC(=O)c1ccc(NCCCO)cc1. The normalized spacial score (nSPS) is 10.0. The molecular weight excluding hydrogens is 218 g/mol. The molecule has 0 bridgehead atoms. The summed E-state index contributed by atoms with van der Waals surface area (Å²) in [6, 6.07) is 7.14. The molecule has 0 heterocycles. The van der Waals surface area contributed by atoms with E-state index in [9.17, 15) is 4.79 Å². The molecule has 17 heavy (non-hydrogen) atoms. The molecule has 1 aromatic rings. The monoisotopic (exact) mass is 237 g/mol. The number of esters is 1. The zero-order valence-corrected chi connectivity index (χ0v) is 10.1. The van der Waals surface area contributed by atoms with Gasteiger partial charge >= 0.3 is 5.97 Å². The minimum Gasteiger partial charge on any atom is -0.462 e. The first-order valence-corrected chi connectivity index (χ1v) is 5.90. The van der Waals surface area contributed by atoms with Crippen molar-refractivity contribution in [3.8, 4) is 0 Å². The molecule has 0 aliphatic carbocycles. The fraction of sp³-hybridized carbons (Fsp3) is 0.462.